The van der Waals surface area contributed by atoms with Gasteiger partial charge >= 0.3 is 0 Å². The van der Waals surface area contributed by atoms with E-state index in [1.807, 2.05) is 11.8 Å². The van der Waals surface area contributed by atoms with Crippen molar-refractivity contribution in [3.63, 3.8) is 0 Å². The number of aryl methyl sites for hydroxylation is 1. The first kappa shape index (κ1) is 18.4. The van der Waals surface area contributed by atoms with Crippen molar-refractivity contribution in [3.05, 3.63) is 21.6 Å². The van der Waals surface area contributed by atoms with Crippen LogP contribution >= 0.6 is 0 Å². The lowest BCUT2D eigenvalue weighted by molar-refractivity contribution is -0.121. The number of aromatic amines is 1. The number of rotatable bonds is 7. The SMILES string of the molecule is CCC(CC)NC(=O)CCc1c(C)nc(N2CCOCC2)[nH]c1=O. The molecule has 134 valence electrons. The number of aromatic nitrogens is 2. The van der Waals surface area contributed by atoms with Crippen LogP contribution in [0.3, 0.4) is 0 Å². The zero-order valence-electron chi connectivity index (χ0n) is 14.9. The molecule has 1 saturated heterocycles. The number of hydrogen-bond acceptors (Lipinski definition) is 5. The summed E-state index contributed by atoms with van der Waals surface area (Å²) in [7, 11) is 0. The molecule has 1 amide bonds. The summed E-state index contributed by atoms with van der Waals surface area (Å²) in [4.78, 5) is 33.8. The summed E-state index contributed by atoms with van der Waals surface area (Å²) in [5, 5.41) is 2.99. The molecule has 0 unspecified atom stereocenters. The minimum absolute atomic E-state index is 0.0141. The summed E-state index contributed by atoms with van der Waals surface area (Å²) < 4.78 is 5.31. The van der Waals surface area contributed by atoms with Gasteiger partial charge in [-0.05, 0) is 26.2 Å². The van der Waals surface area contributed by atoms with Crippen LogP contribution in [-0.4, -0.2) is 48.2 Å². The molecule has 1 aromatic rings. The first-order valence-corrected chi connectivity index (χ1v) is 8.77. The quantitative estimate of drug-likeness (QED) is 0.780. The zero-order valence-corrected chi connectivity index (χ0v) is 14.9. The van der Waals surface area contributed by atoms with E-state index in [4.69, 9.17) is 4.74 Å². The summed E-state index contributed by atoms with van der Waals surface area (Å²) in [6, 6.07) is 0.207. The molecule has 24 heavy (non-hydrogen) atoms. The Morgan fingerprint density at radius 3 is 2.58 bits per heavy atom. The van der Waals surface area contributed by atoms with Gasteiger partial charge in [0.1, 0.15) is 0 Å². The highest BCUT2D eigenvalue weighted by molar-refractivity contribution is 5.76. The summed E-state index contributed by atoms with van der Waals surface area (Å²) >= 11 is 0. The number of amides is 1. The topological polar surface area (TPSA) is 87.3 Å². The van der Waals surface area contributed by atoms with Crippen molar-refractivity contribution in [2.24, 2.45) is 0 Å². The second-order valence-corrected chi connectivity index (χ2v) is 6.13. The Hall–Kier alpha value is -1.89. The van der Waals surface area contributed by atoms with Gasteiger partial charge in [-0.3, -0.25) is 14.6 Å². The van der Waals surface area contributed by atoms with Gasteiger partial charge in [-0.25, -0.2) is 4.98 Å². The van der Waals surface area contributed by atoms with E-state index in [0.717, 1.165) is 25.9 Å². The van der Waals surface area contributed by atoms with Crippen LogP contribution in [0, 0.1) is 6.92 Å². The fourth-order valence-electron chi connectivity index (χ4n) is 2.85. The zero-order chi connectivity index (χ0) is 17.5. The third kappa shape index (κ3) is 4.80. The molecule has 2 heterocycles. The highest BCUT2D eigenvalue weighted by atomic mass is 16.5. The van der Waals surface area contributed by atoms with E-state index in [1.165, 1.54) is 0 Å². The second kappa shape index (κ2) is 8.82. The van der Waals surface area contributed by atoms with Crippen molar-refractivity contribution < 1.29 is 9.53 Å². The van der Waals surface area contributed by atoms with Gasteiger partial charge in [0, 0.05) is 36.8 Å². The lowest BCUT2D eigenvalue weighted by Gasteiger charge is -2.27. The van der Waals surface area contributed by atoms with Crippen molar-refractivity contribution >= 4 is 11.9 Å². The number of ether oxygens (including phenoxy) is 1. The maximum Gasteiger partial charge on any atom is 0.255 e. The van der Waals surface area contributed by atoms with Crippen LogP contribution in [0.25, 0.3) is 0 Å². The Kier molecular flexibility index (Phi) is 6.78. The minimum atomic E-state index is -0.153. The molecule has 0 radical (unpaired) electrons. The smallest absolute Gasteiger partial charge is 0.255 e. The summed E-state index contributed by atoms with van der Waals surface area (Å²) in [5.74, 6) is 0.575. The molecular formula is C17H28N4O3. The lowest BCUT2D eigenvalue weighted by Crippen LogP contribution is -2.39. The number of carbonyl (C=O) groups excluding carboxylic acids is 1. The van der Waals surface area contributed by atoms with Crippen LogP contribution < -0.4 is 15.8 Å². The molecule has 0 spiro atoms. The third-order valence-electron chi connectivity index (χ3n) is 4.47. The van der Waals surface area contributed by atoms with Gasteiger partial charge in [-0.1, -0.05) is 13.8 Å². The van der Waals surface area contributed by atoms with Gasteiger partial charge in [0.25, 0.3) is 5.56 Å². The monoisotopic (exact) mass is 336 g/mol. The van der Waals surface area contributed by atoms with Crippen LogP contribution in [0.1, 0.15) is 44.4 Å². The average molecular weight is 336 g/mol. The van der Waals surface area contributed by atoms with Gasteiger partial charge in [-0.15, -0.1) is 0 Å². The normalized spacial score (nSPS) is 14.9. The van der Waals surface area contributed by atoms with Crippen molar-refractivity contribution in [2.75, 3.05) is 31.2 Å². The molecule has 2 rings (SSSR count). The van der Waals surface area contributed by atoms with E-state index in [1.54, 1.807) is 0 Å². The summed E-state index contributed by atoms with van der Waals surface area (Å²) in [6.07, 6.45) is 2.54. The predicted molar refractivity (Wildman–Crippen MR) is 93.5 cm³/mol. The van der Waals surface area contributed by atoms with E-state index in [-0.39, 0.29) is 17.5 Å². The van der Waals surface area contributed by atoms with E-state index in [0.29, 0.717) is 43.3 Å². The number of anilines is 1. The molecule has 7 heteroatoms. The molecule has 2 N–H and O–H groups in total. The Balaban J connectivity index is 2.00. The third-order valence-corrected chi connectivity index (χ3v) is 4.47. The van der Waals surface area contributed by atoms with E-state index in [2.05, 4.69) is 29.1 Å². The van der Waals surface area contributed by atoms with Crippen molar-refractivity contribution in [2.45, 2.75) is 52.5 Å². The van der Waals surface area contributed by atoms with Gasteiger partial charge in [0.2, 0.25) is 11.9 Å². The first-order chi connectivity index (χ1) is 11.5. The molecule has 1 aliphatic heterocycles. The molecule has 1 aromatic heterocycles. The Bertz CT molecular complexity index is 604. The largest absolute Gasteiger partial charge is 0.378 e. The van der Waals surface area contributed by atoms with Gasteiger partial charge in [-0.2, -0.15) is 0 Å². The fraction of sp³-hybridized carbons (Fsp3) is 0.706. The molecule has 0 saturated carbocycles. The van der Waals surface area contributed by atoms with E-state index >= 15 is 0 Å². The van der Waals surface area contributed by atoms with Gasteiger partial charge < -0.3 is 15.0 Å². The van der Waals surface area contributed by atoms with Crippen molar-refractivity contribution in [1.29, 1.82) is 0 Å². The molecule has 0 atom stereocenters. The van der Waals surface area contributed by atoms with Crippen LogP contribution in [-0.2, 0) is 16.0 Å². The summed E-state index contributed by atoms with van der Waals surface area (Å²) in [5.41, 5.74) is 1.13. The predicted octanol–water partition coefficient (Wildman–Crippen LogP) is 1.15. The van der Waals surface area contributed by atoms with Crippen LogP contribution in [0.2, 0.25) is 0 Å². The molecule has 0 aliphatic carbocycles. The van der Waals surface area contributed by atoms with Crippen LogP contribution in [0.4, 0.5) is 5.95 Å². The van der Waals surface area contributed by atoms with Gasteiger partial charge in [0.15, 0.2) is 0 Å². The number of nitrogens with one attached hydrogen (secondary N) is 2. The number of nitrogens with zero attached hydrogens (tertiary/aromatic N) is 2. The maximum absolute atomic E-state index is 12.4. The molecule has 1 aliphatic rings. The standard InChI is InChI=1S/C17H28N4O3/c1-4-13(5-2)19-15(22)7-6-14-12(3)18-17(20-16(14)23)21-8-10-24-11-9-21/h13H,4-11H2,1-3H3,(H,19,22)(H,18,20,23). The fourth-order valence-corrected chi connectivity index (χ4v) is 2.85. The molecule has 0 bridgehead atoms. The van der Waals surface area contributed by atoms with Gasteiger partial charge in [0.05, 0.1) is 13.2 Å². The number of morpholine rings is 1. The number of hydrogen-bond donors (Lipinski definition) is 2. The highest BCUT2D eigenvalue weighted by Gasteiger charge is 2.17. The Morgan fingerprint density at radius 2 is 2.00 bits per heavy atom. The summed E-state index contributed by atoms with van der Waals surface area (Å²) in [6.45, 7) is 8.66. The minimum Gasteiger partial charge on any atom is -0.378 e. The molecular weight excluding hydrogens is 308 g/mol. The second-order valence-electron chi connectivity index (χ2n) is 6.13. The van der Waals surface area contributed by atoms with E-state index in [9.17, 15) is 9.59 Å². The Labute approximate surface area is 142 Å². The van der Waals surface area contributed by atoms with Crippen LogP contribution in [0.5, 0.6) is 0 Å². The molecule has 0 aromatic carbocycles. The maximum atomic E-state index is 12.4. The Morgan fingerprint density at radius 1 is 1.33 bits per heavy atom. The van der Waals surface area contributed by atoms with E-state index < -0.39 is 0 Å². The van der Waals surface area contributed by atoms with Crippen LogP contribution in [0.15, 0.2) is 4.79 Å². The highest BCUT2D eigenvalue weighted by Crippen LogP contribution is 2.11. The van der Waals surface area contributed by atoms with Crippen molar-refractivity contribution in [3.8, 4) is 0 Å². The lowest BCUT2D eigenvalue weighted by atomic mass is 10.1. The number of carbonyl (C=O) groups is 1. The average Bonchev–Trinajstić information content (AvgIpc) is 2.59. The molecule has 7 nitrogen and oxygen atoms in total. The van der Waals surface area contributed by atoms with Crippen molar-refractivity contribution in [1.82, 2.24) is 15.3 Å². The first-order valence-electron chi connectivity index (χ1n) is 8.77. The number of H-pyrrole nitrogens is 1. The molecule has 1 fully saturated rings.